The summed E-state index contributed by atoms with van der Waals surface area (Å²) in [5, 5.41) is 11.3. The van der Waals surface area contributed by atoms with E-state index in [0.29, 0.717) is 12.2 Å². The summed E-state index contributed by atoms with van der Waals surface area (Å²) < 4.78 is 2.26. The number of nitrogens with two attached hydrogens (primary N) is 1. The van der Waals surface area contributed by atoms with Gasteiger partial charge in [0.1, 0.15) is 21.3 Å². The summed E-state index contributed by atoms with van der Waals surface area (Å²) in [7, 11) is 0. The molecule has 7 heterocycles. The highest BCUT2D eigenvalue weighted by molar-refractivity contribution is 7.22. The van der Waals surface area contributed by atoms with E-state index in [-0.39, 0.29) is 0 Å². The topological polar surface area (TPSA) is 125 Å². The highest BCUT2D eigenvalue weighted by atomic mass is 32.1. The van der Waals surface area contributed by atoms with Gasteiger partial charge in [0.25, 0.3) is 0 Å². The predicted octanol–water partition coefficient (Wildman–Crippen LogP) is 5.81. The summed E-state index contributed by atoms with van der Waals surface area (Å²) in [6, 6.07) is 6.00. The molecule has 0 spiro atoms. The first-order chi connectivity index (χ1) is 20.5. The molecule has 42 heavy (non-hydrogen) atoms. The number of nitrogen functional groups attached to an aromatic ring is 1. The van der Waals surface area contributed by atoms with Crippen molar-refractivity contribution in [2.24, 2.45) is 0 Å². The van der Waals surface area contributed by atoms with Crippen LogP contribution in [0, 0.1) is 11.3 Å². The number of nitriles is 1. The quantitative estimate of drug-likeness (QED) is 0.266. The van der Waals surface area contributed by atoms with Crippen LogP contribution in [0.15, 0.2) is 36.9 Å². The Bertz CT molecular complexity index is 1630. The SMILES string of the molecule is CCN1CCC(=O)CC1.CCN1CCc2c(sc(N)c2-c2nc3cnccc3s2)C1.N#CCc1nc2cnccc2s1. The molecule has 0 radical (unpaired) electrons. The lowest BCUT2D eigenvalue weighted by molar-refractivity contribution is -0.121. The molecule has 2 aliphatic heterocycles. The van der Waals surface area contributed by atoms with Crippen LogP contribution in [0.3, 0.4) is 0 Å². The Hall–Kier alpha value is -3.34. The Balaban J connectivity index is 0.000000142. The number of likely N-dealkylation sites (N-methyl/N-ethyl adjacent to an activating group) is 1. The first kappa shape index (κ1) is 30.1. The number of hydrogen-bond acceptors (Lipinski definition) is 12. The fourth-order valence-electron chi connectivity index (χ4n) is 4.96. The molecule has 0 aliphatic carbocycles. The molecule has 0 aromatic carbocycles. The van der Waals surface area contributed by atoms with Crippen molar-refractivity contribution < 1.29 is 4.79 Å². The molecule has 0 atom stereocenters. The normalized spacial score (nSPS) is 15.4. The molecule has 0 unspecified atom stereocenters. The van der Waals surface area contributed by atoms with Crippen LogP contribution in [0.4, 0.5) is 5.00 Å². The lowest BCUT2D eigenvalue weighted by atomic mass is 10.0. The summed E-state index contributed by atoms with van der Waals surface area (Å²) in [4.78, 5) is 33.9. The van der Waals surface area contributed by atoms with E-state index in [9.17, 15) is 4.79 Å². The third kappa shape index (κ3) is 7.17. The Morgan fingerprint density at radius 2 is 1.55 bits per heavy atom. The standard InChI is InChI=1S/C15H16N4S2.C8H5N3S.C7H13NO/c1-2-19-6-4-9-12(8-19)20-14(16)13(9)15-18-10-7-17-5-3-11(10)21-15;9-3-1-8-11-6-5-10-4-2-7(6)12-8;1-2-8-5-3-7(9)4-6-8/h3,5,7H,2,4,6,8,16H2,1H3;2,4-5H,1H2;2-6H2,1H3. The number of thiazole rings is 2. The maximum atomic E-state index is 10.7. The zero-order chi connectivity index (χ0) is 29.5. The van der Waals surface area contributed by atoms with Gasteiger partial charge in [-0.3, -0.25) is 19.7 Å². The third-order valence-corrected chi connectivity index (χ3v) is 10.5. The van der Waals surface area contributed by atoms with Gasteiger partial charge in [-0.15, -0.1) is 34.0 Å². The van der Waals surface area contributed by atoms with Crippen molar-refractivity contribution in [1.82, 2.24) is 29.7 Å². The molecule has 1 fully saturated rings. The van der Waals surface area contributed by atoms with Crippen molar-refractivity contribution >= 4 is 65.2 Å². The Morgan fingerprint density at radius 1 is 0.905 bits per heavy atom. The molecule has 2 N–H and O–H groups in total. The van der Waals surface area contributed by atoms with Crippen LogP contribution in [0.25, 0.3) is 31.0 Å². The van der Waals surface area contributed by atoms with Crippen LogP contribution in [0.2, 0.25) is 0 Å². The number of nitrogens with zero attached hydrogens (tertiary/aromatic N) is 7. The second kappa shape index (κ2) is 14.2. The van der Waals surface area contributed by atoms with Crippen LogP contribution in [0.5, 0.6) is 0 Å². The van der Waals surface area contributed by atoms with E-state index in [0.717, 1.165) is 89.3 Å². The molecule has 9 nitrogen and oxygen atoms in total. The van der Waals surface area contributed by atoms with Crippen LogP contribution in [-0.2, 0) is 24.2 Å². The van der Waals surface area contributed by atoms with Gasteiger partial charge in [0.2, 0.25) is 0 Å². The lowest BCUT2D eigenvalue weighted by Gasteiger charge is -2.25. The Morgan fingerprint density at radius 3 is 2.17 bits per heavy atom. The van der Waals surface area contributed by atoms with Crippen LogP contribution in [-0.4, -0.2) is 68.2 Å². The van der Waals surface area contributed by atoms with E-state index in [4.69, 9.17) is 16.0 Å². The molecule has 5 aromatic heterocycles. The number of piperidine rings is 1. The summed E-state index contributed by atoms with van der Waals surface area (Å²) in [6.45, 7) is 10.6. The van der Waals surface area contributed by atoms with Crippen LogP contribution >= 0.6 is 34.0 Å². The lowest BCUT2D eigenvalue weighted by Crippen LogP contribution is -2.33. The van der Waals surface area contributed by atoms with E-state index >= 15 is 0 Å². The van der Waals surface area contributed by atoms with Crippen LogP contribution < -0.4 is 5.73 Å². The summed E-state index contributed by atoms with van der Waals surface area (Å²) in [5.74, 6) is 0.430. The van der Waals surface area contributed by atoms with Gasteiger partial charge in [-0.2, -0.15) is 5.26 Å². The number of carbonyl (C=O) groups is 1. The number of anilines is 1. The smallest absolute Gasteiger partial charge is 0.135 e. The molecule has 0 amide bonds. The number of likely N-dealkylation sites (tertiary alicyclic amines) is 1. The summed E-state index contributed by atoms with van der Waals surface area (Å²) >= 11 is 4.99. The molecule has 12 heteroatoms. The minimum absolute atomic E-state index is 0.388. The van der Waals surface area contributed by atoms with E-state index < -0.39 is 0 Å². The van der Waals surface area contributed by atoms with Gasteiger partial charge in [0, 0.05) is 61.9 Å². The maximum absolute atomic E-state index is 10.7. The molecule has 218 valence electrons. The number of fused-ring (bicyclic) bond motifs is 3. The summed E-state index contributed by atoms with van der Waals surface area (Å²) in [6.07, 6.45) is 10.1. The monoisotopic (exact) mass is 618 g/mol. The first-order valence-electron chi connectivity index (χ1n) is 14.1. The average molecular weight is 619 g/mol. The van der Waals surface area contributed by atoms with E-state index in [1.54, 1.807) is 46.4 Å². The second-order valence-electron chi connectivity index (χ2n) is 9.98. The van der Waals surface area contributed by atoms with Gasteiger partial charge in [-0.1, -0.05) is 13.8 Å². The van der Waals surface area contributed by atoms with Crippen molar-refractivity contribution in [2.75, 3.05) is 38.5 Å². The number of hydrogen-bond donors (Lipinski definition) is 1. The molecule has 0 bridgehead atoms. The number of Topliss-reactive ketones (excluding diaryl/α,β-unsaturated/α-hetero) is 1. The average Bonchev–Trinajstić information content (AvgIpc) is 3.71. The molecule has 5 aromatic rings. The zero-order valence-corrected chi connectivity index (χ0v) is 26.3. The highest BCUT2D eigenvalue weighted by Crippen LogP contribution is 2.43. The number of aromatic nitrogens is 4. The number of carbonyl (C=O) groups excluding carboxylic acids is 1. The van der Waals surface area contributed by atoms with Gasteiger partial charge in [-0.25, -0.2) is 9.97 Å². The minimum Gasteiger partial charge on any atom is -0.390 e. The van der Waals surface area contributed by atoms with Crippen molar-refractivity contribution in [3.8, 4) is 16.6 Å². The third-order valence-electron chi connectivity index (χ3n) is 7.34. The number of rotatable bonds is 4. The largest absolute Gasteiger partial charge is 0.390 e. The fraction of sp³-hybridized carbons (Fsp3) is 0.400. The number of thiophene rings is 1. The van der Waals surface area contributed by atoms with Gasteiger partial charge in [-0.05, 0) is 37.2 Å². The van der Waals surface area contributed by atoms with Gasteiger partial charge < -0.3 is 10.6 Å². The van der Waals surface area contributed by atoms with E-state index in [1.807, 2.05) is 24.5 Å². The van der Waals surface area contributed by atoms with Crippen molar-refractivity contribution in [3.05, 3.63) is 52.4 Å². The van der Waals surface area contributed by atoms with Gasteiger partial charge in [0.05, 0.1) is 44.8 Å². The Kier molecular flexibility index (Phi) is 10.2. The van der Waals surface area contributed by atoms with Crippen LogP contribution in [0.1, 0.15) is 42.1 Å². The zero-order valence-electron chi connectivity index (χ0n) is 23.9. The van der Waals surface area contributed by atoms with Crippen molar-refractivity contribution in [1.29, 1.82) is 5.26 Å². The number of pyridine rings is 2. The second-order valence-corrected chi connectivity index (χ2v) is 13.3. The van der Waals surface area contributed by atoms with E-state index in [1.165, 1.54) is 20.7 Å². The van der Waals surface area contributed by atoms with Gasteiger partial charge in [0.15, 0.2) is 0 Å². The maximum Gasteiger partial charge on any atom is 0.135 e. The predicted molar refractivity (Wildman–Crippen MR) is 173 cm³/mol. The van der Waals surface area contributed by atoms with Crippen molar-refractivity contribution in [2.45, 2.75) is 46.1 Å². The molecule has 0 saturated carbocycles. The number of ketones is 1. The highest BCUT2D eigenvalue weighted by Gasteiger charge is 2.25. The fourth-order valence-corrected chi connectivity index (χ4v) is 8.07. The molecular formula is C30H34N8OS3. The van der Waals surface area contributed by atoms with E-state index in [2.05, 4.69) is 44.7 Å². The molecule has 1 saturated heterocycles. The molecular weight excluding hydrogens is 585 g/mol. The Labute approximate surface area is 257 Å². The molecule has 7 rings (SSSR count). The minimum atomic E-state index is 0.388. The molecule has 2 aliphatic rings. The first-order valence-corrected chi connectivity index (χ1v) is 16.6. The van der Waals surface area contributed by atoms with Gasteiger partial charge >= 0.3 is 0 Å². The van der Waals surface area contributed by atoms with Crippen molar-refractivity contribution in [3.63, 3.8) is 0 Å². The summed E-state index contributed by atoms with van der Waals surface area (Å²) in [5.41, 5.74) is 10.7.